The van der Waals surface area contributed by atoms with Crippen molar-refractivity contribution in [2.45, 2.75) is 0 Å². The van der Waals surface area contributed by atoms with Crippen molar-refractivity contribution in [2.24, 2.45) is 0 Å². The van der Waals surface area contributed by atoms with E-state index in [-0.39, 0.29) is 87.6 Å². The third-order valence-electron chi connectivity index (χ3n) is 0. The summed E-state index contributed by atoms with van der Waals surface area (Å²) in [4.78, 5) is 0. The molecule has 0 aliphatic carbocycles. The second-order valence-corrected chi connectivity index (χ2v) is 0. The number of hydrogen-bond acceptors (Lipinski definition) is 0. The van der Waals surface area contributed by atoms with Gasteiger partial charge in [-0.1, -0.05) is 0 Å². The van der Waals surface area contributed by atoms with Gasteiger partial charge in [-0.15, -0.1) is 41.0 Å². The molecule has 0 aromatic carbocycles. The molecule has 0 rings (SSSR count). The summed E-state index contributed by atoms with van der Waals surface area (Å²) in [5.74, 6) is 0. The summed E-state index contributed by atoms with van der Waals surface area (Å²) in [6.07, 6.45) is 0. The van der Waals surface area contributed by atoms with Crippen LogP contribution in [0.3, 0.4) is 0 Å². The van der Waals surface area contributed by atoms with E-state index in [1.165, 1.54) is 0 Å². The predicted octanol–water partition coefficient (Wildman–Crippen LogP) is 0.545. The third kappa shape index (κ3) is 8.83. The van der Waals surface area contributed by atoms with Gasteiger partial charge in [0.25, 0.3) is 0 Å². The van der Waals surface area contributed by atoms with Crippen molar-refractivity contribution in [1.29, 1.82) is 0 Å². The number of rotatable bonds is 0. The third-order valence-corrected chi connectivity index (χ3v) is 0. The fourth-order valence-electron chi connectivity index (χ4n) is 0. The molecular weight excluding hydrogens is 293 g/mol. The molecule has 0 aromatic heterocycles. The zero-order chi connectivity index (χ0) is 0. The molecule has 29 valence electrons. The molecule has 0 atom stereocenters. The van der Waals surface area contributed by atoms with Crippen LogP contribution in [0.15, 0.2) is 0 Å². The Morgan fingerprint density at radius 1 is 1.00 bits per heavy atom. The van der Waals surface area contributed by atoms with Crippen LogP contribution in [0.25, 0.3) is 0 Å². The van der Waals surface area contributed by atoms with Gasteiger partial charge in [0, 0.05) is 17.1 Å². The fraction of sp³-hybridized carbons (Fsp3) is 0. The van der Waals surface area contributed by atoms with Crippen LogP contribution in [-0.2, 0) is 17.1 Å². The van der Waals surface area contributed by atoms with Gasteiger partial charge in [-0.25, -0.2) is 0 Å². The summed E-state index contributed by atoms with van der Waals surface area (Å²) >= 11 is 0. The monoisotopic (exact) mass is 295 g/mol. The Bertz CT molecular complexity index is 8.00. The Morgan fingerprint density at radius 2 is 1.00 bits per heavy atom. The zero-order valence-electron chi connectivity index (χ0n) is 1.12. The summed E-state index contributed by atoms with van der Waals surface area (Å²) in [6.45, 7) is 0. The van der Waals surface area contributed by atoms with Gasteiger partial charge in [0.15, 0.2) is 0 Å². The molecule has 4 heteroatoms. The molecule has 0 saturated carbocycles. The molecule has 4 heavy (non-hydrogen) atoms. The van der Waals surface area contributed by atoms with E-state index in [1.54, 1.807) is 0 Å². The molecule has 1 radical (unpaired) electrons. The number of hydrogen-bond donors (Lipinski definition) is 0. The van der Waals surface area contributed by atoms with Crippen LogP contribution < -0.4 is 0 Å². The van der Waals surface area contributed by atoms with Crippen molar-refractivity contribution in [3.63, 3.8) is 0 Å². The molecule has 0 saturated heterocycles. The van der Waals surface area contributed by atoms with Crippen LogP contribution in [0.4, 0.5) is 0 Å². The van der Waals surface area contributed by atoms with Gasteiger partial charge < -0.3 is 0 Å². The maximum absolute atomic E-state index is 0. The van der Waals surface area contributed by atoms with Crippen molar-refractivity contribution < 1.29 is 17.1 Å². The Hall–Kier alpha value is 2.73. The van der Waals surface area contributed by atoms with E-state index >= 15 is 0 Å². The van der Waals surface area contributed by atoms with Crippen molar-refractivity contribution in [3.05, 3.63) is 0 Å². The van der Waals surface area contributed by atoms with Gasteiger partial charge in [0.1, 0.15) is 0 Å². The molecule has 0 nitrogen and oxygen atoms in total. The Labute approximate surface area is 86.0 Å². The molecule has 0 spiro atoms. The SMILES string of the molecule is Br.I.[Cu].[NaH]. The average molecular weight is 296 g/mol. The van der Waals surface area contributed by atoms with Crippen molar-refractivity contribution >= 4 is 70.5 Å². The predicted molar refractivity (Wildman–Crippen MR) is 32.9 cm³/mol. The summed E-state index contributed by atoms with van der Waals surface area (Å²) in [5.41, 5.74) is 0. The standard InChI is InChI=1S/BrH.Cu.HI.Na.H/h1H;;1H;;. The van der Waals surface area contributed by atoms with E-state index in [9.17, 15) is 0 Å². The van der Waals surface area contributed by atoms with E-state index in [0.29, 0.717) is 0 Å². The Morgan fingerprint density at radius 3 is 1.00 bits per heavy atom. The summed E-state index contributed by atoms with van der Waals surface area (Å²) in [5, 5.41) is 0. The summed E-state index contributed by atoms with van der Waals surface area (Å²) in [6, 6.07) is 0. The van der Waals surface area contributed by atoms with E-state index in [2.05, 4.69) is 0 Å². The van der Waals surface area contributed by atoms with Crippen LogP contribution in [0.5, 0.6) is 0 Å². The van der Waals surface area contributed by atoms with Crippen LogP contribution in [0.2, 0.25) is 0 Å². The minimum absolute atomic E-state index is 0. The first kappa shape index (κ1) is 29.7. The van der Waals surface area contributed by atoms with Gasteiger partial charge in [0.2, 0.25) is 0 Å². The first-order chi connectivity index (χ1) is 0. The topological polar surface area (TPSA) is 0 Å². The van der Waals surface area contributed by atoms with Gasteiger partial charge in [-0.05, 0) is 0 Å². The molecule has 0 bridgehead atoms. The molecule has 0 amide bonds. The minimum atomic E-state index is 0. The van der Waals surface area contributed by atoms with Crippen molar-refractivity contribution in [2.75, 3.05) is 0 Å². The molecule has 0 fully saturated rings. The average Bonchev–Trinajstić information content (AvgIpc) is 0. The van der Waals surface area contributed by atoms with E-state index in [4.69, 9.17) is 0 Å². The van der Waals surface area contributed by atoms with Crippen molar-refractivity contribution in [1.82, 2.24) is 0 Å². The Kier molecular flexibility index (Phi) is 128. The molecule has 0 heterocycles. The van der Waals surface area contributed by atoms with Crippen LogP contribution >= 0.6 is 41.0 Å². The number of halogens is 2. The van der Waals surface area contributed by atoms with Gasteiger partial charge >= 0.3 is 29.6 Å². The normalized spacial score (nSPS) is 0. The van der Waals surface area contributed by atoms with Crippen LogP contribution in [0, 0.1) is 0 Å². The summed E-state index contributed by atoms with van der Waals surface area (Å²) < 4.78 is 0. The molecule has 0 aliphatic rings. The van der Waals surface area contributed by atoms with E-state index in [1.807, 2.05) is 0 Å². The fourth-order valence-corrected chi connectivity index (χ4v) is 0. The van der Waals surface area contributed by atoms with Crippen molar-refractivity contribution in [3.8, 4) is 0 Å². The van der Waals surface area contributed by atoms with Gasteiger partial charge in [-0.2, -0.15) is 0 Å². The van der Waals surface area contributed by atoms with E-state index < -0.39 is 0 Å². The maximum atomic E-state index is 0. The second-order valence-electron chi connectivity index (χ2n) is 0. The van der Waals surface area contributed by atoms with Gasteiger partial charge in [0.05, 0.1) is 0 Å². The first-order valence-electron chi connectivity index (χ1n) is 0. The van der Waals surface area contributed by atoms with E-state index in [0.717, 1.165) is 0 Å². The van der Waals surface area contributed by atoms with Gasteiger partial charge in [-0.3, -0.25) is 0 Å². The molecule has 0 N–H and O–H groups in total. The zero-order valence-corrected chi connectivity index (χ0v) is 6.10. The molecule has 0 unspecified atom stereocenters. The Balaban J connectivity index is 0. The van der Waals surface area contributed by atoms with Crippen LogP contribution in [0.1, 0.15) is 0 Å². The molecule has 0 aromatic rings. The summed E-state index contributed by atoms with van der Waals surface area (Å²) in [7, 11) is 0. The quantitative estimate of drug-likeness (QED) is 0.452. The molecule has 0 aliphatic heterocycles. The van der Waals surface area contributed by atoms with Crippen LogP contribution in [-0.4, -0.2) is 29.6 Å². The second kappa shape index (κ2) is 17.2. The first-order valence-corrected chi connectivity index (χ1v) is 0. The molecular formula is H3BrCuINa.